The molecule has 0 aliphatic rings. The number of nitrogens with one attached hydrogen (secondary N) is 1. The molecule has 1 aromatic rings. The molecule has 90 valence electrons. The largest absolute Gasteiger partial charge is 0.352 e. The molecule has 1 rings (SSSR count). The maximum absolute atomic E-state index is 11.5. The normalized spacial score (nSPS) is 12.4. The van der Waals surface area contributed by atoms with Crippen molar-refractivity contribution in [1.29, 1.82) is 0 Å². The lowest BCUT2D eigenvalue weighted by Crippen LogP contribution is -2.23. The summed E-state index contributed by atoms with van der Waals surface area (Å²) in [6.45, 7) is 4.67. The van der Waals surface area contributed by atoms with E-state index in [9.17, 15) is 4.79 Å². The van der Waals surface area contributed by atoms with Crippen LogP contribution in [0.5, 0.6) is 0 Å². The molecule has 1 amide bonds. The van der Waals surface area contributed by atoms with Crippen molar-refractivity contribution < 1.29 is 4.79 Å². The summed E-state index contributed by atoms with van der Waals surface area (Å²) in [5, 5.41) is 7.10. The fraction of sp³-hybridized carbons (Fsp3) is 0.583. The van der Waals surface area contributed by atoms with Gasteiger partial charge in [0.2, 0.25) is 5.91 Å². The van der Waals surface area contributed by atoms with Gasteiger partial charge in [-0.25, -0.2) is 0 Å². The van der Waals surface area contributed by atoms with E-state index in [1.165, 1.54) is 11.1 Å². The first-order valence-electron chi connectivity index (χ1n) is 5.63. The summed E-state index contributed by atoms with van der Waals surface area (Å²) in [7, 11) is 0. The molecular weight excluding hydrogens is 220 g/mol. The van der Waals surface area contributed by atoms with Gasteiger partial charge in [-0.15, -0.1) is 0 Å². The molecule has 1 atom stereocenters. The smallest absolute Gasteiger partial charge is 0.220 e. The lowest BCUT2D eigenvalue weighted by atomic mass is 10.1. The SMILES string of the molecule is Cc1cscc1CNC(=O)CCCC(C)N. The standard InChI is InChI=1S/C12H20N2OS/c1-9-7-16-8-11(9)6-14-12(15)5-3-4-10(2)13/h7-8,10H,3-6,13H2,1-2H3,(H,14,15). The van der Waals surface area contributed by atoms with Crippen LogP contribution in [-0.4, -0.2) is 11.9 Å². The maximum Gasteiger partial charge on any atom is 0.220 e. The van der Waals surface area contributed by atoms with Gasteiger partial charge in [-0.1, -0.05) is 0 Å². The van der Waals surface area contributed by atoms with E-state index in [4.69, 9.17) is 5.73 Å². The van der Waals surface area contributed by atoms with Crippen molar-refractivity contribution in [2.75, 3.05) is 0 Å². The van der Waals surface area contributed by atoms with E-state index >= 15 is 0 Å². The molecule has 3 nitrogen and oxygen atoms in total. The second kappa shape index (κ2) is 6.66. The molecule has 4 heteroatoms. The molecule has 1 unspecified atom stereocenters. The van der Waals surface area contributed by atoms with Crippen molar-refractivity contribution in [3.8, 4) is 0 Å². The fourth-order valence-electron chi connectivity index (χ4n) is 1.43. The summed E-state index contributed by atoms with van der Waals surface area (Å²) < 4.78 is 0. The van der Waals surface area contributed by atoms with Crippen molar-refractivity contribution in [3.63, 3.8) is 0 Å². The minimum absolute atomic E-state index is 0.117. The zero-order valence-corrected chi connectivity index (χ0v) is 10.8. The number of hydrogen-bond donors (Lipinski definition) is 2. The molecule has 1 heterocycles. The number of thiophene rings is 1. The van der Waals surface area contributed by atoms with Gasteiger partial charge in [0.25, 0.3) is 0 Å². The average Bonchev–Trinajstić information content (AvgIpc) is 2.60. The van der Waals surface area contributed by atoms with Crippen LogP contribution in [0.3, 0.4) is 0 Å². The van der Waals surface area contributed by atoms with Gasteiger partial charge >= 0.3 is 0 Å². The topological polar surface area (TPSA) is 55.1 Å². The third-order valence-electron chi connectivity index (χ3n) is 2.50. The molecule has 0 aliphatic carbocycles. The third kappa shape index (κ3) is 4.77. The average molecular weight is 240 g/mol. The lowest BCUT2D eigenvalue weighted by molar-refractivity contribution is -0.121. The Balaban J connectivity index is 2.18. The predicted octanol–water partition coefficient (Wildman–Crippen LogP) is 2.19. The number of nitrogens with two attached hydrogens (primary N) is 1. The number of amides is 1. The Bertz CT molecular complexity index is 334. The van der Waals surface area contributed by atoms with Crippen LogP contribution in [0.25, 0.3) is 0 Å². The van der Waals surface area contributed by atoms with Crippen molar-refractivity contribution >= 4 is 17.2 Å². The van der Waals surface area contributed by atoms with Crippen LogP contribution in [0.1, 0.15) is 37.3 Å². The number of carbonyl (C=O) groups is 1. The minimum Gasteiger partial charge on any atom is -0.352 e. The van der Waals surface area contributed by atoms with Crippen LogP contribution in [0.2, 0.25) is 0 Å². The van der Waals surface area contributed by atoms with E-state index in [0.29, 0.717) is 13.0 Å². The first kappa shape index (κ1) is 13.2. The van der Waals surface area contributed by atoms with Crippen LogP contribution >= 0.6 is 11.3 Å². The zero-order valence-electron chi connectivity index (χ0n) is 9.95. The molecule has 1 aromatic heterocycles. The maximum atomic E-state index is 11.5. The Kier molecular flexibility index (Phi) is 5.49. The molecule has 0 bridgehead atoms. The molecule has 0 aliphatic heterocycles. The van der Waals surface area contributed by atoms with Crippen LogP contribution < -0.4 is 11.1 Å². The van der Waals surface area contributed by atoms with E-state index in [1.54, 1.807) is 11.3 Å². The Morgan fingerprint density at radius 2 is 2.31 bits per heavy atom. The molecule has 0 spiro atoms. The highest BCUT2D eigenvalue weighted by Crippen LogP contribution is 2.13. The van der Waals surface area contributed by atoms with Crippen LogP contribution in [0.4, 0.5) is 0 Å². The predicted molar refractivity (Wildman–Crippen MR) is 68.4 cm³/mol. The van der Waals surface area contributed by atoms with Gasteiger partial charge in [0.1, 0.15) is 0 Å². The molecule has 0 saturated heterocycles. The Hall–Kier alpha value is -0.870. The lowest BCUT2D eigenvalue weighted by Gasteiger charge is -2.06. The van der Waals surface area contributed by atoms with Gasteiger partial charge in [-0.05, 0) is 48.6 Å². The van der Waals surface area contributed by atoms with Gasteiger partial charge in [0.15, 0.2) is 0 Å². The monoisotopic (exact) mass is 240 g/mol. The second-order valence-corrected chi connectivity index (χ2v) is 4.97. The second-order valence-electron chi connectivity index (χ2n) is 4.23. The summed E-state index contributed by atoms with van der Waals surface area (Å²) in [6.07, 6.45) is 2.35. The highest BCUT2D eigenvalue weighted by atomic mass is 32.1. The quantitative estimate of drug-likeness (QED) is 0.801. The van der Waals surface area contributed by atoms with E-state index in [2.05, 4.69) is 23.0 Å². The molecule has 0 aromatic carbocycles. The zero-order chi connectivity index (χ0) is 12.0. The van der Waals surface area contributed by atoms with Gasteiger partial charge in [-0.2, -0.15) is 11.3 Å². The van der Waals surface area contributed by atoms with E-state index in [-0.39, 0.29) is 11.9 Å². The highest BCUT2D eigenvalue weighted by molar-refractivity contribution is 7.08. The van der Waals surface area contributed by atoms with Gasteiger partial charge in [-0.3, -0.25) is 4.79 Å². The van der Waals surface area contributed by atoms with Crippen molar-refractivity contribution in [1.82, 2.24) is 5.32 Å². The molecule has 16 heavy (non-hydrogen) atoms. The minimum atomic E-state index is 0.117. The summed E-state index contributed by atoms with van der Waals surface area (Å²) >= 11 is 1.67. The molecule has 0 radical (unpaired) electrons. The van der Waals surface area contributed by atoms with Crippen molar-refractivity contribution in [3.05, 3.63) is 21.9 Å². The van der Waals surface area contributed by atoms with Crippen molar-refractivity contribution in [2.45, 2.75) is 45.7 Å². The first-order chi connectivity index (χ1) is 7.59. The summed E-state index contributed by atoms with van der Waals surface area (Å²) in [5.74, 6) is 0.117. The Labute approximate surface area is 101 Å². The Morgan fingerprint density at radius 3 is 2.88 bits per heavy atom. The van der Waals surface area contributed by atoms with Crippen molar-refractivity contribution in [2.24, 2.45) is 5.73 Å². The molecule has 0 saturated carbocycles. The van der Waals surface area contributed by atoms with Gasteiger partial charge in [0, 0.05) is 19.0 Å². The van der Waals surface area contributed by atoms with E-state index in [1.807, 2.05) is 6.92 Å². The van der Waals surface area contributed by atoms with E-state index in [0.717, 1.165) is 12.8 Å². The molecule has 3 N–H and O–H groups in total. The molecule has 0 fully saturated rings. The van der Waals surface area contributed by atoms with Crippen LogP contribution in [0.15, 0.2) is 10.8 Å². The van der Waals surface area contributed by atoms with Gasteiger partial charge in [0.05, 0.1) is 0 Å². The Morgan fingerprint density at radius 1 is 1.56 bits per heavy atom. The number of aryl methyl sites for hydroxylation is 1. The van der Waals surface area contributed by atoms with Crippen LogP contribution in [-0.2, 0) is 11.3 Å². The number of hydrogen-bond acceptors (Lipinski definition) is 3. The summed E-state index contributed by atoms with van der Waals surface area (Å²) in [4.78, 5) is 11.5. The van der Waals surface area contributed by atoms with Gasteiger partial charge < -0.3 is 11.1 Å². The van der Waals surface area contributed by atoms with Crippen LogP contribution in [0, 0.1) is 6.92 Å². The third-order valence-corrected chi connectivity index (χ3v) is 3.41. The van der Waals surface area contributed by atoms with E-state index < -0.39 is 0 Å². The summed E-state index contributed by atoms with van der Waals surface area (Å²) in [6, 6.07) is 0.187. The highest BCUT2D eigenvalue weighted by Gasteiger charge is 2.04. The number of rotatable bonds is 6. The first-order valence-corrected chi connectivity index (χ1v) is 6.58. The fourth-order valence-corrected chi connectivity index (χ4v) is 2.29. The molecular formula is C12H20N2OS. The summed E-state index contributed by atoms with van der Waals surface area (Å²) in [5.41, 5.74) is 8.08. The number of carbonyl (C=O) groups excluding carboxylic acids is 1.